The van der Waals surface area contributed by atoms with Gasteiger partial charge in [0.1, 0.15) is 5.82 Å². The molecule has 0 aliphatic heterocycles. The van der Waals surface area contributed by atoms with Crippen LogP contribution in [0.5, 0.6) is 0 Å². The molecule has 16 heavy (non-hydrogen) atoms. The average molecular weight is 227 g/mol. The van der Waals surface area contributed by atoms with E-state index in [4.69, 9.17) is 0 Å². The second kappa shape index (κ2) is 5.55. The minimum absolute atomic E-state index is 0.453. The SMILES string of the molecule is CCC(c1ccc(F)cn1)C(O)C(=O)OC. The Kier molecular flexibility index (Phi) is 4.37. The number of carbonyl (C=O) groups excluding carboxylic acids is 1. The lowest BCUT2D eigenvalue weighted by Gasteiger charge is -2.18. The van der Waals surface area contributed by atoms with Crippen LogP contribution in [-0.2, 0) is 9.53 Å². The fourth-order valence-corrected chi connectivity index (χ4v) is 1.49. The van der Waals surface area contributed by atoms with Crippen molar-refractivity contribution in [2.45, 2.75) is 25.4 Å². The van der Waals surface area contributed by atoms with Crippen LogP contribution in [0.4, 0.5) is 4.39 Å². The van der Waals surface area contributed by atoms with Gasteiger partial charge in [-0.3, -0.25) is 4.98 Å². The minimum atomic E-state index is -1.27. The maximum atomic E-state index is 12.7. The highest BCUT2D eigenvalue weighted by Gasteiger charge is 2.27. The second-order valence-corrected chi connectivity index (χ2v) is 3.38. The molecule has 1 N–H and O–H groups in total. The summed E-state index contributed by atoms with van der Waals surface area (Å²) in [6.45, 7) is 1.81. The fraction of sp³-hybridized carbons (Fsp3) is 0.455. The number of pyridine rings is 1. The van der Waals surface area contributed by atoms with Gasteiger partial charge < -0.3 is 9.84 Å². The lowest BCUT2D eigenvalue weighted by atomic mass is 9.95. The van der Waals surface area contributed by atoms with E-state index in [1.54, 1.807) is 0 Å². The summed E-state index contributed by atoms with van der Waals surface area (Å²) in [7, 11) is 1.20. The monoisotopic (exact) mass is 227 g/mol. The van der Waals surface area contributed by atoms with E-state index in [-0.39, 0.29) is 0 Å². The molecule has 0 saturated carbocycles. The minimum Gasteiger partial charge on any atom is -0.467 e. The van der Waals surface area contributed by atoms with Gasteiger partial charge in [0.2, 0.25) is 0 Å². The van der Waals surface area contributed by atoms with Crippen LogP contribution < -0.4 is 0 Å². The second-order valence-electron chi connectivity index (χ2n) is 3.38. The number of rotatable bonds is 4. The number of aliphatic hydroxyl groups is 1. The van der Waals surface area contributed by atoms with Crippen LogP contribution in [0.1, 0.15) is 25.0 Å². The molecule has 2 atom stereocenters. The molecule has 0 aliphatic carbocycles. The molecule has 88 valence electrons. The van der Waals surface area contributed by atoms with Crippen molar-refractivity contribution >= 4 is 5.97 Å². The van der Waals surface area contributed by atoms with Gasteiger partial charge in [0.15, 0.2) is 6.10 Å². The third-order valence-electron chi connectivity index (χ3n) is 2.39. The van der Waals surface area contributed by atoms with E-state index in [0.29, 0.717) is 12.1 Å². The summed E-state index contributed by atoms with van der Waals surface area (Å²) in [5.41, 5.74) is 0.474. The molecule has 1 heterocycles. The largest absolute Gasteiger partial charge is 0.467 e. The van der Waals surface area contributed by atoms with E-state index in [2.05, 4.69) is 9.72 Å². The highest BCUT2D eigenvalue weighted by Crippen LogP contribution is 2.22. The van der Waals surface area contributed by atoms with Crippen molar-refractivity contribution in [2.24, 2.45) is 0 Å². The quantitative estimate of drug-likeness (QED) is 0.786. The molecular formula is C11H14FNO3. The first-order valence-electron chi connectivity index (χ1n) is 4.97. The highest BCUT2D eigenvalue weighted by molar-refractivity contribution is 5.75. The number of methoxy groups -OCH3 is 1. The number of aliphatic hydroxyl groups excluding tert-OH is 1. The molecule has 0 spiro atoms. The highest BCUT2D eigenvalue weighted by atomic mass is 19.1. The van der Waals surface area contributed by atoms with E-state index < -0.39 is 23.8 Å². The van der Waals surface area contributed by atoms with Gasteiger partial charge in [-0.1, -0.05) is 6.92 Å². The van der Waals surface area contributed by atoms with Crippen LogP contribution in [0.25, 0.3) is 0 Å². The molecule has 2 unspecified atom stereocenters. The summed E-state index contributed by atoms with van der Waals surface area (Å²) < 4.78 is 17.1. The zero-order valence-corrected chi connectivity index (χ0v) is 9.18. The van der Waals surface area contributed by atoms with Gasteiger partial charge in [-0.15, -0.1) is 0 Å². The first-order valence-corrected chi connectivity index (χ1v) is 4.97. The Labute approximate surface area is 93.1 Å². The van der Waals surface area contributed by atoms with Crippen molar-refractivity contribution in [3.8, 4) is 0 Å². The third kappa shape index (κ3) is 2.76. The van der Waals surface area contributed by atoms with E-state index >= 15 is 0 Å². The Hall–Kier alpha value is -1.49. The number of ether oxygens (including phenoxy) is 1. The lowest BCUT2D eigenvalue weighted by molar-refractivity contribution is -0.151. The van der Waals surface area contributed by atoms with Crippen LogP contribution >= 0.6 is 0 Å². The molecule has 1 aromatic rings. The third-order valence-corrected chi connectivity index (χ3v) is 2.39. The van der Waals surface area contributed by atoms with Crippen molar-refractivity contribution in [3.05, 3.63) is 29.8 Å². The van der Waals surface area contributed by atoms with Crippen LogP contribution in [0, 0.1) is 5.82 Å². The molecule has 0 bridgehead atoms. The molecule has 1 rings (SSSR count). The summed E-state index contributed by atoms with van der Waals surface area (Å²) in [5, 5.41) is 9.69. The number of esters is 1. The summed E-state index contributed by atoms with van der Waals surface area (Å²) in [5.74, 6) is -1.64. The number of hydrogen-bond acceptors (Lipinski definition) is 4. The number of carbonyl (C=O) groups is 1. The van der Waals surface area contributed by atoms with Crippen LogP contribution in [0.15, 0.2) is 18.3 Å². The fourth-order valence-electron chi connectivity index (χ4n) is 1.49. The molecule has 0 aliphatic rings. The Morgan fingerprint density at radius 1 is 1.62 bits per heavy atom. The molecule has 0 amide bonds. The first-order chi connectivity index (χ1) is 7.60. The van der Waals surface area contributed by atoms with Gasteiger partial charge in [-0.2, -0.15) is 0 Å². The number of nitrogens with zero attached hydrogens (tertiary/aromatic N) is 1. The smallest absolute Gasteiger partial charge is 0.335 e. The molecule has 0 fully saturated rings. The van der Waals surface area contributed by atoms with Gasteiger partial charge in [0.25, 0.3) is 0 Å². The molecule has 0 saturated heterocycles. The molecule has 4 nitrogen and oxygen atoms in total. The number of aromatic nitrogens is 1. The van der Waals surface area contributed by atoms with Gasteiger partial charge in [-0.25, -0.2) is 9.18 Å². The zero-order valence-electron chi connectivity index (χ0n) is 9.18. The lowest BCUT2D eigenvalue weighted by Crippen LogP contribution is -2.29. The molecule has 1 aromatic heterocycles. The van der Waals surface area contributed by atoms with E-state index in [1.165, 1.54) is 19.2 Å². The van der Waals surface area contributed by atoms with E-state index in [0.717, 1.165) is 6.20 Å². The molecular weight excluding hydrogens is 213 g/mol. The van der Waals surface area contributed by atoms with Crippen molar-refractivity contribution in [2.75, 3.05) is 7.11 Å². The average Bonchev–Trinajstić information content (AvgIpc) is 2.31. The van der Waals surface area contributed by atoms with Crippen LogP contribution in [-0.4, -0.2) is 29.3 Å². The predicted molar refractivity (Wildman–Crippen MR) is 55.2 cm³/mol. The zero-order chi connectivity index (χ0) is 12.1. The maximum absolute atomic E-state index is 12.7. The van der Waals surface area contributed by atoms with Crippen molar-refractivity contribution in [1.29, 1.82) is 0 Å². The standard InChI is InChI=1S/C11H14FNO3/c1-3-8(10(14)11(15)16-2)9-5-4-7(12)6-13-9/h4-6,8,10,14H,3H2,1-2H3. The summed E-state index contributed by atoms with van der Waals surface area (Å²) in [4.78, 5) is 15.0. The predicted octanol–water partition coefficient (Wildman–Crippen LogP) is 1.25. The summed E-state index contributed by atoms with van der Waals surface area (Å²) in [6, 6.07) is 2.70. The summed E-state index contributed by atoms with van der Waals surface area (Å²) in [6.07, 6.45) is 0.296. The molecule has 0 aromatic carbocycles. The van der Waals surface area contributed by atoms with Gasteiger partial charge in [0, 0.05) is 11.6 Å². The van der Waals surface area contributed by atoms with Gasteiger partial charge in [0.05, 0.1) is 13.3 Å². The molecule has 5 heteroatoms. The normalized spacial score (nSPS) is 14.2. The first kappa shape index (κ1) is 12.6. The van der Waals surface area contributed by atoms with Crippen LogP contribution in [0.3, 0.4) is 0 Å². The Morgan fingerprint density at radius 2 is 2.31 bits per heavy atom. The Morgan fingerprint density at radius 3 is 2.75 bits per heavy atom. The van der Waals surface area contributed by atoms with Crippen molar-refractivity contribution in [3.63, 3.8) is 0 Å². The topological polar surface area (TPSA) is 59.4 Å². The Bertz CT molecular complexity index is 353. The Balaban J connectivity index is 2.89. The van der Waals surface area contributed by atoms with Gasteiger partial charge >= 0.3 is 5.97 Å². The summed E-state index contributed by atoms with van der Waals surface area (Å²) >= 11 is 0. The van der Waals surface area contributed by atoms with Gasteiger partial charge in [-0.05, 0) is 18.6 Å². The van der Waals surface area contributed by atoms with Crippen molar-refractivity contribution in [1.82, 2.24) is 4.98 Å². The van der Waals surface area contributed by atoms with Crippen molar-refractivity contribution < 1.29 is 19.0 Å². The number of halogens is 1. The van der Waals surface area contributed by atoms with Crippen LogP contribution in [0.2, 0.25) is 0 Å². The maximum Gasteiger partial charge on any atom is 0.335 e. The molecule has 0 radical (unpaired) electrons. The number of hydrogen-bond donors (Lipinski definition) is 1. The van der Waals surface area contributed by atoms with E-state index in [1.807, 2.05) is 6.92 Å². The van der Waals surface area contributed by atoms with E-state index in [9.17, 15) is 14.3 Å².